The van der Waals surface area contributed by atoms with E-state index in [1.165, 1.54) is 36.8 Å². The molecule has 9 heavy (non-hydrogen) atoms. The summed E-state index contributed by atoms with van der Waals surface area (Å²) in [6.07, 6.45) is 1.39. The molecule has 0 spiro atoms. The van der Waals surface area contributed by atoms with Crippen LogP contribution in [-0.2, 0) is 0 Å². The summed E-state index contributed by atoms with van der Waals surface area (Å²) >= 11 is 0. The van der Waals surface area contributed by atoms with E-state index in [4.69, 9.17) is 0 Å². The molecule has 0 saturated carbocycles. The first-order valence-electron chi connectivity index (χ1n) is 3.86. The average molecular weight is 147 g/mol. The van der Waals surface area contributed by atoms with Gasteiger partial charge in [0, 0.05) is 13.1 Å². The van der Waals surface area contributed by atoms with Gasteiger partial charge in [0.1, 0.15) is 0 Å². The Morgan fingerprint density at radius 3 is 2.56 bits per heavy atom. The van der Waals surface area contributed by atoms with Gasteiger partial charge in [0.05, 0.1) is 0 Å². The second-order valence-corrected chi connectivity index (χ2v) is 5.27. The van der Waals surface area contributed by atoms with Crippen LogP contribution in [0.2, 0.25) is 0 Å². The standard InChI is InChI=1S/C7H17NS/c1-2-5-9-6-3-8-4-7-9/h8-9H,2-7H2,1H3. The Balaban J connectivity index is 2.08. The van der Waals surface area contributed by atoms with Crippen LogP contribution in [0.4, 0.5) is 0 Å². The molecular weight excluding hydrogens is 130 g/mol. The van der Waals surface area contributed by atoms with Crippen molar-refractivity contribution < 1.29 is 0 Å². The van der Waals surface area contributed by atoms with Crippen LogP contribution in [0.3, 0.4) is 0 Å². The van der Waals surface area contributed by atoms with Crippen LogP contribution in [0.15, 0.2) is 0 Å². The zero-order valence-corrected chi connectivity index (χ0v) is 7.08. The summed E-state index contributed by atoms with van der Waals surface area (Å²) in [6, 6.07) is 0. The van der Waals surface area contributed by atoms with E-state index in [1.54, 1.807) is 0 Å². The second kappa shape index (κ2) is 4.18. The quantitative estimate of drug-likeness (QED) is 0.555. The van der Waals surface area contributed by atoms with Gasteiger partial charge in [0.2, 0.25) is 0 Å². The average Bonchev–Trinajstić information content (AvgIpc) is 1.91. The lowest BCUT2D eigenvalue weighted by Gasteiger charge is -2.25. The molecule has 1 rings (SSSR count). The summed E-state index contributed by atoms with van der Waals surface area (Å²) in [5, 5.41) is 3.39. The molecule has 1 saturated heterocycles. The lowest BCUT2D eigenvalue weighted by molar-refractivity contribution is 0.750. The number of hydrogen-bond donors (Lipinski definition) is 2. The van der Waals surface area contributed by atoms with Crippen molar-refractivity contribution in [2.24, 2.45) is 0 Å². The zero-order chi connectivity index (χ0) is 6.53. The third-order valence-electron chi connectivity index (χ3n) is 1.75. The maximum absolute atomic E-state index is 3.39. The van der Waals surface area contributed by atoms with Crippen molar-refractivity contribution in [2.75, 3.05) is 30.3 Å². The first kappa shape index (κ1) is 7.42. The molecule has 1 heterocycles. The highest BCUT2D eigenvalue weighted by atomic mass is 32.2. The molecule has 0 unspecified atom stereocenters. The maximum Gasteiger partial charge on any atom is 0.00257 e. The molecule has 0 amide bonds. The number of rotatable bonds is 2. The zero-order valence-electron chi connectivity index (χ0n) is 6.19. The molecule has 0 atom stereocenters. The normalized spacial score (nSPS) is 24.3. The summed E-state index contributed by atoms with van der Waals surface area (Å²) in [4.78, 5) is 0. The molecule has 1 fully saturated rings. The largest absolute Gasteiger partial charge is 0.315 e. The topological polar surface area (TPSA) is 12.0 Å². The molecule has 1 nitrogen and oxygen atoms in total. The van der Waals surface area contributed by atoms with Crippen LogP contribution < -0.4 is 5.32 Å². The van der Waals surface area contributed by atoms with Gasteiger partial charge in [-0.25, -0.2) is 0 Å². The van der Waals surface area contributed by atoms with E-state index in [2.05, 4.69) is 12.2 Å². The highest BCUT2D eigenvalue weighted by Crippen LogP contribution is 2.25. The van der Waals surface area contributed by atoms with Gasteiger partial charge in [-0.3, -0.25) is 10.9 Å². The van der Waals surface area contributed by atoms with Gasteiger partial charge in [0.25, 0.3) is 0 Å². The van der Waals surface area contributed by atoms with E-state index in [0.29, 0.717) is 10.9 Å². The van der Waals surface area contributed by atoms with E-state index < -0.39 is 0 Å². The Bertz CT molecular complexity index is 66.6. The van der Waals surface area contributed by atoms with Crippen LogP contribution >= 0.6 is 10.9 Å². The summed E-state index contributed by atoms with van der Waals surface area (Å²) in [6.45, 7) is 4.86. The highest BCUT2D eigenvalue weighted by molar-refractivity contribution is 8.17. The SMILES string of the molecule is CCC[SH]1CCNCC1. The fraction of sp³-hybridized carbons (Fsp3) is 1.00. The van der Waals surface area contributed by atoms with Crippen molar-refractivity contribution in [2.45, 2.75) is 13.3 Å². The molecule has 56 valence electrons. The number of hydrogen-bond acceptors (Lipinski definition) is 1. The first-order chi connectivity index (χ1) is 4.43. The van der Waals surface area contributed by atoms with Crippen molar-refractivity contribution in [3.8, 4) is 0 Å². The Kier molecular flexibility index (Phi) is 3.44. The molecule has 0 aromatic heterocycles. The molecule has 0 radical (unpaired) electrons. The van der Waals surface area contributed by atoms with Crippen molar-refractivity contribution in [1.29, 1.82) is 0 Å². The maximum atomic E-state index is 3.39. The summed E-state index contributed by atoms with van der Waals surface area (Å²) < 4.78 is 0. The van der Waals surface area contributed by atoms with E-state index in [0.717, 1.165) is 0 Å². The highest BCUT2D eigenvalue weighted by Gasteiger charge is 2.06. The molecular formula is C7H17NS. The summed E-state index contributed by atoms with van der Waals surface area (Å²) in [5.41, 5.74) is 0. The van der Waals surface area contributed by atoms with Gasteiger partial charge >= 0.3 is 0 Å². The third kappa shape index (κ3) is 2.59. The van der Waals surface area contributed by atoms with E-state index in [1.807, 2.05) is 0 Å². The molecule has 1 N–H and O–H groups in total. The molecule has 1 aliphatic rings. The monoisotopic (exact) mass is 147 g/mol. The minimum absolute atomic E-state index is 0.466. The number of nitrogens with one attached hydrogen (secondary N) is 1. The van der Waals surface area contributed by atoms with Crippen LogP contribution in [0.1, 0.15) is 13.3 Å². The van der Waals surface area contributed by atoms with Crippen molar-refractivity contribution in [3.63, 3.8) is 0 Å². The Labute approximate surface area is 60.6 Å². The number of thiol groups is 1. The smallest absolute Gasteiger partial charge is 0.00257 e. The predicted octanol–water partition coefficient (Wildman–Crippen LogP) is 1.00. The molecule has 1 aliphatic heterocycles. The Hall–Kier alpha value is 0.310. The summed E-state index contributed by atoms with van der Waals surface area (Å²) in [5.74, 6) is 4.46. The van der Waals surface area contributed by atoms with Crippen LogP contribution in [0.5, 0.6) is 0 Å². The summed E-state index contributed by atoms with van der Waals surface area (Å²) in [7, 11) is 0.466. The van der Waals surface area contributed by atoms with Crippen LogP contribution in [-0.4, -0.2) is 30.3 Å². The van der Waals surface area contributed by atoms with Crippen LogP contribution in [0, 0.1) is 0 Å². The predicted molar refractivity (Wildman–Crippen MR) is 46.7 cm³/mol. The second-order valence-electron chi connectivity index (χ2n) is 2.59. The molecule has 0 bridgehead atoms. The minimum Gasteiger partial charge on any atom is -0.315 e. The fourth-order valence-electron chi connectivity index (χ4n) is 1.25. The Morgan fingerprint density at radius 1 is 1.33 bits per heavy atom. The molecule has 0 aliphatic carbocycles. The van der Waals surface area contributed by atoms with Crippen LogP contribution in [0.25, 0.3) is 0 Å². The van der Waals surface area contributed by atoms with Gasteiger partial charge in [-0.2, -0.15) is 0 Å². The van der Waals surface area contributed by atoms with E-state index in [9.17, 15) is 0 Å². The lowest BCUT2D eigenvalue weighted by Crippen LogP contribution is -2.29. The van der Waals surface area contributed by atoms with Gasteiger partial charge in [-0.05, 0) is 23.7 Å². The van der Waals surface area contributed by atoms with Gasteiger partial charge in [0.15, 0.2) is 0 Å². The van der Waals surface area contributed by atoms with Crippen molar-refractivity contribution in [3.05, 3.63) is 0 Å². The van der Waals surface area contributed by atoms with E-state index >= 15 is 0 Å². The van der Waals surface area contributed by atoms with Gasteiger partial charge in [-0.15, -0.1) is 0 Å². The van der Waals surface area contributed by atoms with Crippen molar-refractivity contribution >= 4 is 10.9 Å². The molecule has 0 aromatic rings. The van der Waals surface area contributed by atoms with Crippen molar-refractivity contribution in [1.82, 2.24) is 5.32 Å². The third-order valence-corrected chi connectivity index (χ3v) is 4.54. The first-order valence-corrected chi connectivity index (χ1v) is 5.76. The van der Waals surface area contributed by atoms with Gasteiger partial charge < -0.3 is 5.32 Å². The Morgan fingerprint density at radius 2 is 2.00 bits per heavy atom. The van der Waals surface area contributed by atoms with Gasteiger partial charge in [-0.1, -0.05) is 6.92 Å². The minimum atomic E-state index is 0.466. The fourth-order valence-corrected chi connectivity index (χ4v) is 3.50. The molecule has 2 heteroatoms. The van der Waals surface area contributed by atoms with E-state index in [-0.39, 0.29) is 0 Å². The lowest BCUT2D eigenvalue weighted by atomic mass is 10.6. The molecule has 0 aromatic carbocycles.